The van der Waals surface area contributed by atoms with E-state index in [9.17, 15) is 4.79 Å². The van der Waals surface area contributed by atoms with Crippen LogP contribution in [0.15, 0.2) is 30.3 Å². The van der Waals surface area contributed by atoms with Crippen molar-refractivity contribution in [3.63, 3.8) is 0 Å². The number of hydrogen-bond acceptors (Lipinski definition) is 5. The predicted molar refractivity (Wildman–Crippen MR) is 83.4 cm³/mol. The van der Waals surface area contributed by atoms with Gasteiger partial charge in [-0.1, -0.05) is 11.6 Å². The number of carbonyl (C=O) groups excluding carboxylic acids is 1. The molecule has 0 bridgehead atoms. The van der Waals surface area contributed by atoms with Crippen molar-refractivity contribution in [2.24, 2.45) is 0 Å². The number of rotatable bonds is 4. The van der Waals surface area contributed by atoms with Gasteiger partial charge >= 0.3 is 0 Å². The summed E-state index contributed by atoms with van der Waals surface area (Å²) in [7, 11) is 3.41. The minimum atomic E-state index is -0.268. The van der Waals surface area contributed by atoms with Crippen LogP contribution in [0.3, 0.4) is 0 Å². The highest BCUT2D eigenvalue weighted by molar-refractivity contribution is 6.31. The van der Waals surface area contributed by atoms with Crippen LogP contribution < -0.4 is 16.0 Å². The predicted octanol–water partition coefficient (Wildman–Crippen LogP) is 1.71. The molecular formula is C14H16ClN5O. The second-order valence-electron chi connectivity index (χ2n) is 4.56. The summed E-state index contributed by atoms with van der Waals surface area (Å²) in [6, 6.07) is 8.70. The Hall–Kier alpha value is -2.34. The zero-order chi connectivity index (χ0) is 15.4. The zero-order valence-electron chi connectivity index (χ0n) is 11.8. The van der Waals surface area contributed by atoms with Crippen LogP contribution in [-0.4, -0.2) is 30.2 Å². The molecule has 1 aromatic carbocycles. The van der Waals surface area contributed by atoms with E-state index in [2.05, 4.69) is 15.5 Å². The number of aromatic nitrogens is 2. The Morgan fingerprint density at radius 1 is 1.33 bits per heavy atom. The third-order valence-corrected chi connectivity index (χ3v) is 3.35. The molecule has 0 saturated carbocycles. The first-order chi connectivity index (χ1) is 10.0. The molecular weight excluding hydrogens is 290 g/mol. The molecule has 21 heavy (non-hydrogen) atoms. The molecule has 6 nitrogen and oxygen atoms in total. The molecule has 2 aromatic rings. The Kier molecular flexibility index (Phi) is 4.59. The number of carbonyl (C=O) groups is 1. The fourth-order valence-electron chi connectivity index (χ4n) is 1.83. The van der Waals surface area contributed by atoms with Crippen LogP contribution in [0, 0.1) is 0 Å². The van der Waals surface area contributed by atoms with Crippen LogP contribution in [0.5, 0.6) is 0 Å². The molecule has 7 heteroatoms. The Morgan fingerprint density at radius 2 is 2.10 bits per heavy atom. The summed E-state index contributed by atoms with van der Waals surface area (Å²) in [5.41, 5.74) is 7.59. The third-order valence-electron chi connectivity index (χ3n) is 2.98. The number of halogens is 1. The summed E-state index contributed by atoms with van der Waals surface area (Å²) in [5.74, 6) is 0.372. The molecule has 0 aliphatic carbocycles. The maximum atomic E-state index is 11.4. The summed E-state index contributed by atoms with van der Waals surface area (Å²) in [4.78, 5) is 13.3. The molecule has 3 N–H and O–H groups in total. The van der Waals surface area contributed by atoms with Gasteiger partial charge in [-0.15, -0.1) is 10.2 Å². The summed E-state index contributed by atoms with van der Waals surface area (Å²) in [6.45, 7) is 0.540. The summed E-state index contributed by atoms with van der Waals surface area (Å²) in [6.07, 6.45) is 0. The number of amides is 1. The van der Waals surface area contributed by atoms with Crippen molar-refractivity contribution in [3.8, 4) is 0 Å². The standard InChI is InChI=1S/C14H16ClN5O/c1-17-14(21)12-5-6-13(19-18-12)20(2)8-9-7-10(16)3-4-11(9)15/h3-7H,8,16H2,1-2H3,(H,17,21). The van der Waals surface area contributed by atoms with Gasteiger partial charge in [0.1, 0.15) is 0 Å². The van der Waals surface area contributed by atoms with Crippen molar-refractivity contribution < 1.29 is 4.79 Å². The molecule has 110 valence electrons. The lowest BCUT2D eigenvalue weighted by atomic mass is 10.2. The molecule has 0 atom stereocenters. The fraction of sp³-hybridized carbons (Fsp3) is 0.214. The second kappa shape index (κ2) is 6.41. The number of nitrogen functional groups attached to an aromatic ring is 1. The highest BCUT2D eigenvalue weighted by Gasteiger charge is 2.10. The molecule has 0 fully saturated rings. The van der Waals surface area contributed by atoms with E-state index in [-0.39, 0.29) is 11.6 Å². The Labute approximate surface area is 127 Å². The molecule has 0 radical (unpaired) electrons. The first-order valence-electron chi connectivity index (χ1n) is 6.32. The van der Waals surface area contributed by atoms with Gasteiger partial charge < -0.3 is 16.0 Å². The minimum Gasteiger partial charge on any atom is -0.399 e. The summed E-state index contributed by atoms with van der Waals surface area (Å²) in [5, 5.41) is 11.1. The maximum absolute atomic E-state index is 11.4. The first kappa shape index (κ1) is 15.1. The fourth-order valence-corrected chi connectivity index (χ4v) is 2.01. The normalized spacial score (nSPS) is 10.2. The topological polar surface area (TPSA) is 84.1 Å². The third kappa shape index (κ3) is 3.61. The highest BCUT2D eigenvalue weighted by Crippen LogP contribution is 2.21. The second-order valence-corrected chi connectivity index (χ2v) is 4.97. The van der Waals surface area contributed by atoms with Crippen LogP contribution in [0.25, 0.3) is 0 Å². The Bertz CT molecular complexity index is 644. The van der Waals surface area contributed by atoms with E-state index in [0.717, 1.165) is 5.56 Å². The Morgan fingerprint density at radius 3 is 2.71 bits per heavy atom. The number of benzene rings is 1. The molecule has 0 unspecified atom stereocenters. The van der Waals surface area contributed by atoms with Crippen molar-refractivity contribution >= 4 is 29.0 Å². The lowest BCUT2D eigenvalue weighted by Crippen LogP contribution is -2.22. The number of nitrogens with zero attached hydrogens (tertiary/aromatic N) is 3. The van der Waals surface area contributed by atoms with Crippen molar-refractivity contribution in [2.75, 3.05) is 24.7 Å². The molecule has 2 rings (SSSR count). The van der Waals surface area contributed by atoms with Gasteiger partial charge in [-0.25, -0.2) is 0 Å². The first-order valence-corrected chi connectivity index (χ1v) is 6.70. The van der Waals surface area contributed by atoms with E-state index in [0.29, 0.717) is 23.1 Å². The minimum absolute atomic E-state index is 0.268. The smallest absolute Gasteiger partial charge is 0.271 e. The van der Waals surface area contributed by atoms with Crippen LogP contribution >= 0.6 is 11.6 Å². The SMILES string of the molecule is CNC(=O)c1ccc(N(C)Cc2cc(N)ccc2Cl)nn1. The summed E-state index contributed by atoms with van der Waals surface area (Å²) >= 11 is 6.14. The van der Waals surface area contributed by atoms with E-state index in [1.165, 1.54) is 0 Å². The van der Waals surface area contributed by atoms with Gasteiger partial charge in [0.15, 0.2) is 11.5 Å². The highest BCUT2D eigenvalue weighted by atomic mass is 35.5. The Balaban J connectivity index is 2.14. The van der Waals surface area contributed by atoms with Gasteiger partial charge in [0.05, 0.1) is 0 Å². The van der Waals surface area contributed by atoms with Gasteiger partial charge in [0.25, 0.3) is 5.91 Å². The van der Waals surface area contributed by atoms with Crippen LogP contribution in [0.1, 0.15) is 16.1 Å². The van der Waals surface area contributed by atoms with Crippen LogP contribution in [0.2, 0.25) is 5.02 Å². The average molecular weight is 306 g/mol. The largest absolute Gasteiger partial charge is 0.399 e. The number of nitrogens with one attached hydrogen (secondary N) is 1. The lowest BCUT2D eigenvalue weighted by Gasteiger charge is -2.18. The monoisotopic (exact) mass is 305 g/mol. The van der Waals surface area contributed by atoms with Crippen molar-refractivity contribution in [2.45, 2.75) is 6.54 Å². The van der Waals surface area contributed by atoms with Crippen LogP contribution in [-0.2, 0) is 6.54 Å². The van der Waals surface area contributed by atoms with E-state index >= 15 is 0 Å². The van der Waals surface area contributed by atoms with E-state index in [4.69, 9.17) is 17.3 Å². The molecule has 1 heterocycles. The van der Waals surface area contributed by atoms with Crippen molar-refractivity contribution in [1.82, 2.24) is 15.5 Å². The van der Waals surface area contributed by atoms with Crippen LogP contribution in [0.4, 0.5) is 11.5 Å². The molecule has 0 aliphatic heterocycles. The van der Waals surface area contributed by atoms with Gasteiger partial charge in [-0.2, -0.15) is 0 Å². The van der Waals surface area contributed by atoms with Gasteiger partial charge in [-0.3, -0.25) is 4.79 Å². The van der Waals surface area contributed by atoms with Crippen molar-refractivity contribution in [3.05, 3.63) is 46.6 Å². The van der Waals surface area contributed by atoms with Gasteiger partial charge in [0, 0.05) is 31.4 Å². The average Bonchev–Trinajstić information content (AvgIpc) is 2.50. The van der Waals surface area contributed by atoms with Crippen molar-refractivity contribution in [1.29, 1.82) is 0 Å². The van der Waals surface area contributed by atoms with E-state index in [1.807, 2.05) is 18.0 Å². The molecule has 1 amide bonds. The van der Waals surface area contributed by atoms with Gasteiger partial charge in [0.2, 0.25) is 0 Å². The van der Waals surface area contributed by atoms with Gasteiger partial charge in [-0.05, 0) is 35.9 Å². The number of nitrogens with two attached hydrogens (primary N) is 1. The molecule has 0 spiro atoms. The van der Waals surface area contributed by atoms with E-state index in [1.54, 1.807) is 31.3 Å². The lowest BCUT2D eigenvalue weighted by molar-refractivity contribution is 0.0957. The van der Waals surface area contributed by atoms with E-state index < -0.39 is 0 Å². The molecule has 0 saturated heterocycles. The quantitative estimate of drug-likeness (QED) is 0.840. The number of anilines is 2. The zero-order valence-corrected chi connectivity index (χ0v) is 12.6. The molecule has 1 aromatic heterocycles. The number of hydrogen-bond donors (Lipinski definition) is 2. The summed E-state index contributed by atoms with van der Waals surface area (Å²) < 4.78 is 0. The maximum Gasteiger partial charge on any atom is 0.271 e. The molecule has 0 aliphatic rings.